The SMILES string of the molecule is Cc1ccc(Nc2ncc(C(=O)NCCC(C)C)cn2)cc1. The molecule has 0 unspecified atom stereocenters. The normalized spacial score (nSPS) is 10.5. The van der Waals surface area contributed by atoms with Gasteiger partial charge in [0, 0.05) is 24.6 Å². The van der Waals surface area contributed by atoms with Gasteiger partial charge in [0.25, 0.3) is 5.91 Å². The van der Waals surface area contributed by atoms with Gasteiger partial charge in [0.15, 0.2) is 0 Å². The highest BCUT2D eigenvalue weighted by atomic mass is 16.1. The molecule has 0 fully saturated rings. The Kier molecular flexibility index (Phi) is 5.47. The van der Waals surface area contributed by atoms with Gasteiger partial charge in [0.2, 0.25) is 5.95 Å². The largest absolute Gasteiger partial charge is 0.352 e. The van der Waals surface area contributed by atoms with Gasteiger partial charge in [-0.25, -0.2) is 9.97 Å². The lowest BCUT2D eigenvalue weighted by molar-refractivity contribution is 0.0951. The number of nitrogens with one attached hydrogen (secondary N) is 2. The average molecular weight is 298 g/mol. The fraction of sp³-hybridized carbons (Fsp3) is 0.353. The van der Waals surface area contributed by atoms with Crippen LogP contribution in [0.4, 0.5) is 11.6 Å². The average Bonchev–Trinajstić information content (AvgIpc) is 2.50. The second-order valence-corrected chi connectivity index (χ2v) is 5.72. The van der Waals surface area contributed by atoms with Gasteiger partial charge in [-0.15, -0.1) is 0 Å². The maximum atomic E-state index is 11.9. The fourth-order valence-corrected chi connectivity index (χ4v) is 1.85. The van der Waals surface area contributed by atoms with Gasteiger partial charge in [-0.2, -0.15) is 0 Å². The Morgan fingerprint density at radius 1 is 1.14 bits per heavy atom. The fourth-order valence-electron chi connectivity index (χ4n) is 1.85. The van der Waals surface area contributed by atoms with E-state index in [0.29, 0.717) is 24.0 Å². The molecule has 2 rings (SSSR count). The molecular formula is C17H22N4O. The molecule has 1 aromatic carbocycles. The summed E-state index contributed by atoms with van der Waals surface area (Å²) in [6.45, 7) is 6.95. The van der Waals surface area contributed by atoms with Gasteiger partial charge < -0.3 is 10.6 Å². The molecule has 5 nitrogen and oxygen atoms in total. The molecule has 0 bridgehead atoms. The lowest BCUT2D eigenvalue weighted by atomic mass is 10.1. The highest BCUT2D eigenvalue weighted by Gasteiger charge is 2.07. The van der Waals surface area contributed by atoms with Crippen molar-refractivity contribution >= 4 is 17.5 Å². The zero-order valence-electron chi connectivity index (χ0n) is 13.3. The van der Waals surface area contributed by atoms with Crippen LogP contribution in [-0.2, 0) is 0 Å². The summed E-state index contributed by atoms with van der Waals surface area (Å²) in [6.07, 6.45) is 4.03. The third-order valence-electron chi connectivity index (χ3n) is 3.23. The number of carbonyl (C=O) groups excluding carboxylic acids is 1. The van der Waals surface area contributed by atoms with Crippen molar-refractivity contribution in [2.75, 3.05) is 11.9 Å². The number of nitrogens with zero attached hydrogens (tertiary/aromatic N) is 2. The number of hydrogen-bond acceptors (Lipinski definition) is 4. The lowest BCUT2D eigenvalue weighted by Gasteiger charge is -2.08. The Morgan fingerprint density at radius 3 is 2.36 bits per heavy atom. The van der Waals surface area contributed by atoms with Crippen LogP contribution >= 0.6 is 0 Å². The first-order valence-electron chi connectivity index (χ1n) is 7.48. The molecule has 1 heterocycles. The zero-order valence-corrected chi connectivity index (χ0v) is 13.3. The van der Waals surface area contributed by atoms with Crippen LogP contribution in [0.5, 0.6) is 0 Å². The van der Waals surface area contributed by atoms with Crippen LogP contribution < -0.4 is 10.6 Å². The minimum Gasteiger partial charge on any atom is -0.352 e. The van der Waals surface area contributed by atoms with E-state index in [0.717, 1.165) is 12.1 Å². The molecule has 22 heavy (non-hydrogen) atoms. The summed E-state index contributed by atoms with van der Waals surface area (Å²) in [5.41, 5.74) is 2.58. The second-order valence-electron chi connectivity index (χ2n) is 5.72. The highest BCUT2D eigenvalue weighted by Crippen LogP contribution is 2.13. The molecule has 0 aliphatic heterocycles. The molecule has 1 amide bonds. The van der Waals surface area contributed by atoms with E-state index in [1.807, 2.05) is 31.2 Å². The van der Waals surface area contributed by atoms with Crippen molar-refractivity contribution in [2.24, 2.45) is 5.92 Å². The third-order valence-corrected chi connectivity index (χ3v) is 3.23. The van der Waals surface area contributed by atoms with E-state index in [-0.39, 0.29) is 5.91 Å². The van der Waals surface area contributed by atoms with E-state index in [4.69, 9.17) is 0 Å². The summed E-state index contributed by atoms with van der Waals surface area (Å²) >= 11 is 0. The standard InChI is InChI=1S/C17H22N4O/c1-12(2)8-9-18-16(22)14-10-19-17(20-11-14)21-15-6-4-13(3)5-7-15/h4-7,10-12H,8-9H2,1-3H3,(H,18,22)(H,19,20,21). The number of benzene rings is 1. The summed E-state index contributed by atoms with van der Waals surface area (Å²) in [5, 5.41) is 5.97. The lowest BCUT2D eigenvalue weighted by Crippen LogP contribution is -2.25. The predicted molar refractivity (Wildman–Crippen MR) is 88.3 cm³/mol. The molecule has 0 atom stereocenters. The molecular weight excluding hydrogens is 276 g/mol. The molecule has 2 N–H and O–H groups in total. The molecule has 0 spiro atoms. The minimum absolute atomic E-state index is 0.137. The smallest absolute Gasteiger partial charge is 0.254 e. The predicted octanol–water partition coefficient (Wildman–Crippen LogP) is 3.30. The molecule has 2 aromatic rings. The van der Waals surface area contributed by atoms with Crippen molar-refractivity contribution in [2.45, 2.75) is 27.2 Å². The Morgan fingerprint density at radius 2 is 1.77 bits per heavy atom. The molecule has 0 aliphatic carbocycles. The van der Waals surface area contributed by atoms with Gasteiger partial charge in [-0.05, 0) is 31.4 Å². The van der Waals surface area contributed by atoms with Crippen molar-refractivity contribution in [3.05, 3.63) is 47.8 Å². The summed E-state index contributed by atoms with van der Waals surface area (Å²) in [5.74, 6) is 0.905. The van der Waals surface area contributed by atoms with Crippen LogP contribution in [0.15, 0.2) is 36.7 Å². The topological polar surface area (TPSA) is 66.9 Å². The third kappa shape index (κ3) is 4.84. The Labute approximate surface area is 131 Å². The minimum atomic E-state index is -0.137. The van der Waals surface area contributed by atoms with Crippen molar-refractivity contribution in [1.82, 2.24) is 15.3 Å². The van der Waals surface area contributed by atoms with Crippen LogP contribution in [0.1, 0.15) is 36.2 Å². The van der Waals surface area contributed by atoms with Crippen LogP contribution in [0.25, 0.3) is 0 Å². The van der Waals surface area contributed by atoms with Crippen molar-refractivity contribution in [1.29, 1.82) is 0 Å². The maximum Gasteiger partial charge on any atom is 0.254 e. The van der Waals surface area contributed by atoms with Gasteiger partial charge in [-0.1, -0.05) is 31.5 Å². The van der Waals surface area contributed by atoms with E-state index < -0.39 is 0 Å². The Balaban J connectivity index is 1.92. The van der Waals surface area contributed by atoms with Gasteiger partial charge >= 0.3 is 0 Å². The zero-order chi connectivity index (χ0) is 15.9. The number of aromatic nitrogens is 2. The number of carbonyl (C=O) groups is 1. The molecule has 0 radical (unpaired) electrons. The van der Waals surface area contributed by atoms with Crippen LogP contribution in [0.3, 0.4) is 0 Å². The van der Waals surface area contributed by atoms with Crippen molar-refractivity contribution in [3.8, 4) is 0 Å². The van der Waals surface area contributed by atoms with E-state index in [2.05, 4.69) is 34.4 Å². The van der Waals surface area contributed by atoms with Crippen LogP contribution in [0.2, 0.25) is 0 Å². The van der Waals surface area contributed by atoms with Crippen LogP contribution in [0, 0.1) is 12.8 Å². The Bertz CT molecular complexity index is 606. The van der Waals surface area contributed by atoms with E-state index in [1.54, 1.807) is 0 Å². The molecule has 5 heteroatoms. The molecule has 0 aliphatic rings. The van der Waals surface area contributed by atoms with Gasteiger partial charge in [0.1, 0.15) is 0 Å². The van der Waals surface area contributed by atoms with E-state index >= 15 is 0 Å². The molecule has 0 saturated heterocycles. The summed E-state index contributed by atoms with van der Waals surface area (Å²) < 4.78 is 0. The second kappa shape index (κ2) is 7.54. The monoisotopic (exact) mass is 298 g/mol. The summed E-state index contributed by atoms with van der Waals surface area (Å²) in [6, 6.07) is 7.95. The first kappa shape index (κ1) is 15.9. The molecule has 0 saturated carbocycles. The number of hydrogen-bond donors (Lipinski definition) is 2. The van der Waals surface area contributed by atoms with Crippen molar-refractivity contribution < 1.29 is 4.79 Å². The number of anilines is 2. The summed E-state index contributed by atoms with van der Waals surface area (Å²) in [4.78, 5) is 20.3. The van der Waals surface area contributed by atoms with Crippen LogP contribution in [-0.4, -0.2) is 22.4 Å². The number of aryl methyl sites for hydroxylation is 1. The summed E-state index contributed by atoms with van der Waals surface area (Å²) in [7, 11) is 0. The number of rotatable bonds is 6. The van der Waals surface area contributed by atoms with Crippen molar-refractivity contribution in [3.63, 3.8) is 0 Å². The van der Waals surface area contributed by atoms with E-state index in [1.165, 1.54) is 18.0 Å². The Hall–Kier alpha value is -2.43. The highest BCUT2D eigenvalue weighted by molar-refractivity contribution is 5.93. The van der Waals surface area contributed by atoms with Gasteiger partial charge in [0.05, 0.1) is 5.56 Å². The van der Waals surface area contributed by atoms with Gasteiger partial charge in [-0.3, -0.25) is 4.79 Å². The van der Waals surface area contributed by atoms with E-state index in [9.17, 15) is 4.79 Å². The first-order valence-corrected chi connectivity index (χ1v) is 7.48. The number of amides is 1. The maximum absolute atomic E-state index is 11.9. The molecule has 1 aromatic heterocycles. The molecule has 116 valence electrons. The quantitative estimate of drug-likeness (QED) is 0.858. The first-order chi connectivity index (χ1) is 10.5.